The van der Waals surface area contributed by atoms with E-state index in [0.29, 0.717) is 12.0 Å². The molecule has 1 fully saturated rings. The maximum Gasteiger partial charge on any atom is 0.127 e. The molecule has 0 aromatic carbocycles. The first-order chi connectivity index (χ1) is 6.90. The number of halogens is 1. The fourth-order valence-corrected chi connectivity index (χ4v) is 2.02. The van der Waals surface area contributed by atoms with Crippen LogP contribution in [0.3, 0.4) is 0 Å². The molecule has 2 nitrogen and oxygen atoms in total. The van der Waals surface area contributed by atoms with Crippen LogP contribution in [0.25, 0.3) is 0 Å². The van der Waals surface area contributed by atoms with Crippen LogP contribution < -0.4 is 4.74 Å². The van der Waals surface area contributed by atoms with E-state index in [1.165, 1.54) is 25.7 Å². The van der Waals surface area contributed by atoms with Crippen molar-refractivity contribution in [1.29, 1.82) is 0 Å². The van der Waals surface area contributed by atoms with Crippen LogP contribution in [0.1, 0.15) is 31.2 Å². The van der Waals surface area contributed by atoms with Crippen LogP contribution in [0.15, 0.2) is 18.5 Å². The molecule has 0 saturated heterocycles. The molecule has 0 radical (unpaired) electrons. The Hall–Kier alpha value is -0.760. The Morgan fingerprint density at radius 3 is 2.93 bits per heavy atom. The molecule has 1 saturated carbocycles. The lowest BCUT2D eigenvalue weighted by atomic mass is 10.2. The first-order valence-electron chi connectivity index (χ1n) is 5.05. The zero-order chi connectivity index (χ0) is 9.80. The molecule has 0 atom stereocenters. The highest BCUT2D eigenvalue weighted by Crippen LogP contribution is 2.26. The lowest BCUT2D eigenvalue weighted by Crippen LogP contribution is -2.11. The Morgan fingerprint density at radius 1 is 1.43 bits per heavy atom. The molecular weight excluding hydrogens is 198 g/mol. The zero-order valence-corrected chi connectivity index (χ0v) is 8.83. The van der Waals surface area contributed by atoms with E-state index in [1.54, 1.807) is 12.4 Å². The fourth-order valence-electron chi connectivity index (χ4n) is 1.82. The molecular formula is C11H14ClNO. The summed E-state index contributed by atoms with van der Waals surface area (Å²) in [6.45, 7) is 0. The maximum atomic E-state index is 5.87. The lowest BCUT2D eigenvalue weighted by Gasteiger charge is -2.14. The molecule has 1 aromatic rings. The van der Waals surface area contributed by atoms with Gasteiger partial charge >= 0.3 is 0 Å². The second-order valence-corrected chi connectivity index (χ2v) is 3.91. The number of rotatable bonds is 3. The summed E-state index contributed by atoms with van der Waals surface area (Å²) >= 11 is 5.80. The van der Waals surface area contributed by atoms with Crippen molar-refractivity contribution in [2.75, 3.05) is 0 Å². The van der Waals surface area contributed by atoms with Gasteiger partial charge in [0.15, 0.2) is 0 Å². The zero-order valence-electron chi connectivity index (χ0n) is 8.08. The van der Waals surface area contributed by atoms with Crippen LogP contribution in [-0.2, 0) is 5.88 Å². The molecule has 2 rings (SSSR count). The van der Waals surface area contributed by atoms with Crippen molar-refractivity contribution < 1.29 is 4.74 Å². The van der Waals surface area contributed by atoms with Crippen molar-refractivity contribution in [3.8, 4) is 5.75 Å². The molecule has 0 aliphatic heterocycles. The molecule has 1 heterocycles. The maximum absolute atomic E-state index is 5.87. The number of hydrogen-bond donors (Lipinski definition) is 0. The minimum atomic E-state index is 0.388. The van der Waals surface area contributed by atoms with Gasteiger partial charge in [0.05, 0.1) is 12.0 Å². The monoisotopic (exact) mass is 211 g/mol. The van der Waals surface area contributed by atoms with Gasteiger partial charge in [-0.2, -0.15) is 0 Å². The highest BCUT2D eigenvalue weighted by Gasteiger charge is 2.17. The minimum Gasteiger partial charge on any atom is -0.490 e. The second-order valence-electron chi connectivity index (χ2n) is 3.64. The second kappa shape index (κ2) is 4.65. The highest BCUT2D eigenvalue weighted by molar-refractivity contribution is 6.17. The number of pyridine rings is 1. The quantitative estimate of drug-likeness (QED) is 0.717. The first kappa shape index (κ1) is 9.78. The first-order valence-corrected chi connectivity index (χ1v) is 5.59. The minimum absolute atomic E-state index is 0.388. The van der Waals surface area contributed by atoms with E-state index >= 15 is 0 Å². The van der Waals surface area contributed by atoms with Crippen LogP contribution in [0.5, 0.6) is 5.75 Å². The molecule has 1 aliphatic rings. The van der Waals surface area contributed by atoms with Crippen LogP contribution in [0.4, 0.5) is 0 Å². The van der Waals surface area contributed by atoms with Gasteiger partial charge in [-0.05, 0) is 31.7 Å². The van der Waals surface area contributed by atoms with Crippen molar-refractivity contribution in [2.45, 2.75) is 37.7 Å². The van der Waals surface area contributed by atoms with Gasteiger partial charge in [-0.1, -0.05) is 0 Å². The summed E-state index contributed by atoms with van der Waals surface area (Å²) in [6.07, 6.45) is 8.82. The average Bonchev–Trinajstić information content (AvgIpc) is 2.71. The van der Waals surface area contributed by atoms with Gasteiger partial charge in [0.25, 0.3) is 0 Å². The van der Waals surface area contributed by atoms with Gasteiger partial charge < -0.3 is 4.74 Å². The van der Waals surface area contributed by atoms with Crippen LogP contribution in [0.2, 0.25) is 0 Å². The lowest BCUT2D eigenvalue weighted by molar-refractivity contribution is 0.208. The van der Waals surface area contributed by atoms with Gasteiger partial charge in [-0.3, -0.25) is 4.98 Å². The summed E-state index contributed by atoms with van der Waals surface area (Å²) in [5.74, 6) is 1.37. The number of ether oxygens (including phenoxy) is 1. The Labute approximate surface area is 89.3 Å². The SMILES string of the molecule is ClCc1cnccc1OC1CCCC1. The Bertz CT molecular complexity index is 297. The summed E-state index contributed by atoms with van der Waals surface area (Å²) in [5, 5.41) is 0. The molecule has 3 heteroatoms. The van der Waals surface area contributed by atoms with Crippen molar-refractivity contribution in [3.63, 3.8) is 0 Å². The van der Waals surface area contributed by atoms with Crippen molar-refractivity contribution >= 4 is 11.6 Å². The standard InChI is InChI=1S/C11H14ClNO/c12-7-9-8-13-6-5-11(9)14-10-3-1-2-4-10/h5-6,8,10H,1-4,7H2. The topological polar surface area (TPSA) is 22.1 Å². The van der Waals surface area contributed by atoms with Gasteiger partial charge in [0, 0.05) is 18.0 Å². The number of aromatic nitrogens is 1. The average molecular weight is 212 g/mol. The third-order valence-electron chi connectivity index (χ3n) is 2.60. The van der Waals surface area contributed by atoms with Crippen LogP contribution in [0, 0.1) is 0 Å². The fraction of sp³-hybridized carbons (Fsp3) is 0.545. The largest absolute Gasteiger partial charge is 0.490 e. The van der Waals surface area contributed by atoms with E-state index in [4.69, 9.17) is 16.3 Å². The Balaban J connectivity index is 2.07. The molecule has 76 valence electrons. The van der Waals surface area contributed by atoms with E-state index in [0.717, 1.165) is 11.3 Å². The molecule has 0 amide bonds. The van der Waals surface area contributed by atoms with Crippen molar-refractivity contribution in [3.05, 3.63) is 24.0 Å². The number of alkyl halides is 1. The van der Waals surface area contributed by atoms with Crippen molar-refractivity contribution in [2.24, 2.45) is 0 Å². The summed E-state index contributed by atoms with van der Waals surface area (Å²) in [6, 6.07) is 1.90. The summed E-state index contributed by atoms with van der Waals surface area (Å²) < 4.78 is 5.87. The Morgan fingerprint density at radius 2 is 2.21 bits per heavy atom. The third kappa shape index (κ3) is 2.18. The van der Waals surface area contributed by atoms with Crippen molar-refractivity contribution in [1.82, 2.24) is 4.98 Å². The predicted molar refractivity (Wildman–Crippen MR) is 56.7 cm³/mol. The van der Waals surface area contributed by atoms with Crippen LogP contribution in [-0.4, -0.2) is 11.1 Å². The number of nitrogens with zero attached hydrogens (tertiary/aromatic N) is 1. The van der Waals surface area contributed by atoms with E-state index in [-0.39, 0.29) is 0 Å². The Kier molecular flexibility index (Phi) is 3.25. The number of hydrogen-bond acceptors (Lipinski definition) is 2. The molecule has 0 N–H and O–H groups in total. The van der Waals surface area contributed by atoms with Gasteiger partial charge in [-0.15, -0.1) is 11.6 Å². The van der Waals surface area contributed by atoms with Gasteiger partial charge in [0.2, 0.25) is 0 Å². The molecule has 0 spiro atoms. The van der Waals surface area contributed by atoms with E-state index < -0.39 is 0 Å². The summed E-state index contributed by atoms with van der Waals surface area (Å²) in [7, 11) is 0. The smallest absolute Gasteiger partial charge is 0.127 e. The summed E-state index contributed by atoms with van der Waals surface area (Å²) in [4.78, 5) is 4.03. The van der Waals surface area contributed by atoms with Crippen LogP contribution >= 0.6 is 11.6 Å². The molecule has 0 bridgehead atoms. The van der Waals surface area contributed by atoms with Gasteiger partial charge in [0.1, 0.15) is 5.75 Å². The molecule has 0 unspecified atom stereocenters. The van der Waals surface area contributed by atoms with E-state index in [2.05, 4.69) is 4.98 Å². The van der Waals surface area contributed by atoms with E-state index in [1.807, 2.05) is 6.07 Å². The molecule has 1 aromatic heterocycles. The highest BCUT2D eigenvalue weighted by atomic mass is 35.5. The third-order valence-corrected chi connectivity index (χ3v) is 2.89. The summed E-state index contributed by atoms with van der Waals surface area (Å²) in [5.41, 5.74) is 0.987. The predicted octanol–water partition coefficient (Wildman–Crippen LogP) is 3.14. The van der Waals surface area contributed by atoms with Gasteiger partial charge in [-0.25, -0.2) is 0 Å². The van der Waals surface area contributed by atoms with E-state index in [9.17, 15) is 0 Å². The molecule has 14 heavy (non-hydrogen) atoms. The normalized spacial score (nSPS) is 17.2. The molecule has 1 aliphatic carbocycles.